The number of carbonyl (C=O) groups excluding carboxylic acids is 1. The van der Waals surface area contributed by atoms with Gasteiger partial charge in [0.05, 0.1) is 6.10 Å². The van der Waals surface area contributed by atoms with E-state index < -0.39 is 0 Å². The molecule has 1 aromatic carbocycles. The molecule has 1 aromatic heterocycles. The van der Waals surface area contributed by atoms with Gasteiger partial charge in [-0.05, 0) is 31.2 Å². The van der Waals surface area contributed by atoms with Crippen LogP contribution in [-0.2, 0) is 9.53 Å². The fourth-order valence-electron chi connectivity index (χ4n) is 2.84. The normalized spacial score (nSPS) is 20.7. The van der Waals surface area contributed by atoms with Crippen molar-refractivity contribution in [2.45, 2.75) is 47.4 Å². The Morgan fingerprint density at radius 2 is 2.12 bits per heavy atom. The number of rotatable bonds is 8. The predicted molar refractivity (Wildman–Crippen MR) is 104 cm³/mol. The maximum atomic E-state index is 12.7. The maximum absolute atomic E-state index is 12.7. The number of carbonyl (C=O) groups is 1. The molecule has 2 atom stereocenters. The highest BCUT2D eigenvalue weighted by atomic mass is 32.2. The summed E-state index contributed by atoms with van der Waals surface area (Å²) in [5.74, 6) is 0.0489. The number of hydrogen-bond acceptors (Lipinski definition) is 7. The van der Waals surface area contributed by atoms with Crippen LogP contribution < -0.4 is 10.6 Å². The molecule has 8 heteroatoms. The topological polar surface area (TPSA) is 76.1 Å². The standard InChI is InChI=1S/C18H22N4O2S2/c23-16(20-13-8-9-13)15(12-5-2-1-3-6-12)25-18-22-21-17(26-18)19-11-14-7-4-10-24-14/h1-3,5-6,13-15H,4,7-11H2,(H,19,21)(H,20,23)/t14-,15+/m0/s1. The van der Waals surface area contributed by atoms with Crippen molar-refractivity contribution in [2.24, 2.45) is 0 Å². The van der Waals surface area contributed by atoms with Crippen LogP contribution in [0, 0.1) is 0 Å². The highest BCUT2D eigenvalue weighted by Crippen LogP contribution is 2.38. The van der Waals surface area contributed by atoms with Crippen molar-refractivity contribution >= 4 is 34.1 Å². The third kappa shape index (κ3) is 4.75. The van der Waals surface area contributed by atoms with Gasteiger partial charge < -0.3 is 15.4 Å². The van der Waals surface area contributed by atoms with Crippen LogP contribution in [0.4, 0.5) is 5.13 Å². The van der Waals surface area contributed by atoms with Crippen LogP contribution in [-0.4, -0.2) is 41.4 Å². The quantitative estimate of drug-likeness (QED) is 0.674. The van der Waals surface area contributed by atoms with E-state index in [1.165, 1.54) is 23.1 Å². The van der Waals surface area contributed by atoms with Crippen molar-refractivity contribution in [3.05, 3.63) is 35.9 Å². The number of anilines is 1. The minimum Gasteiger partial charge on any atom is -0.376 e. The Kier molecular flexibility index (Phi) is 5.72. The molecule has 6 nitrogen and oxygen atoms in total. The fourth-order valence-corrected chi connectivity index (χ4v) is 4.80. The lowest BCUT2D eigenvalue weighted by Crippen LogP contribution is -2.29. The molecule has 1 aliphatic heterocycles. The van der Waals surface area contributed by atoms with Gasteiger partial charge in [0.15, 0.2) is 4.34 Å². The molecule has 138 valence electrons. The predicted octanol–water partition coefficient (Wildman–Crippen LogP) is 3.24. The van der Waals surface area contributed by atoms with E-state index in [2.05, 4.69) is 20.8 Å². The molecule has 1 saturated heterocycles. The van der Waals surface area contributed by atoms with Crippen molar-refractivity contribution in [1.29, 1.82) is 0 Å². The third-order valence-corrected chi connectivity index (χ3v) is 6.61. The number of hydrogen-bond donors (Lipinski definition) is 2. The van der Waals surface area contributed by atoms with Gasteiger partial charge in [-0.3, -0.25) is 4.79 Å². The molecule has 1 aliphatic carbocycles. The highest BCUT2D eigenvalue weighted by molar-refractivity contribution is 8.01. The molecule has 1 saturated carbocycles. The number of aromatic nitrogens is 2. The van der Waals surface area contributed by atoms with Crippen molar-refractivity contribution in [1.82, 2.24) is 15.5 Å². The first-order valence-corrected chi connectivity index (χ1v) is 10.7. The van der Waals surface area contributed by atoms with Crippen LogP contribution in [0.3, 0.4) is 0 Å². The van der Waals surface area contributed by atoms with Gasteiger partial charge in [-0.2, -0.15) is 0 Å². The van der Waals surface area contributed by atoms with Gasteiger partial charge in [0.2, 0.25) is 11.0 Å². The summed E-state index contributed by atoms with van der Waals surface area (Å²) in [5, 5.41) is 15.3. The monoisotopic (exact) mass is 390 g/mol. The second kappa shape index (κ2) is 8.37. The number of thioether (sulfide) groups is 1. The van der Waals surface area contributed by atoms with Gasteiger partial charge in [-0.25, -0.2) is 0 Å². The fraction of sp³-hybridized carbons (Fsp3) is 0.500. The maximum Gasteiger partial charge on any atom is 0.238 e. The Labute approximate surface area is 161 Å². The van der Waals surface area contributed by atoms with Crippen LogP contribution in [0.1, 0.15) is 36.5 Å². The van der Waals surface area contributed by atoms with Gasteiger partial charge >= 0.3 is 0 Å². The minimum atomic E-state index is -0.309. The Balaban J connectivity index is 1.40. The summed E-state index contributed by atoms with van der Waals surface area (Å²) >= 11 is 2.95. The van der Waals surface area contributed by atoms with E-state index in [0.29, 0.717) is 6.04 Å². The van der Waals surface area contributed by atoms with E-state index in [1.807, 2.05) is 30.3 Å². The van der Waals surface area contributed by atoms with Crippen LogP contribution in [0.25, 0.3) is 0 Å². The van der Waals surface area contributed by atoms with Gasteiger partial charge in [-0.15, -0.1) is 10.2 Å². The van der Waals surface area contributed by atoms with Crippen LogP contribution in [0.2, 0.25) is 0 Å². The molecule has 2 heterocycles. The minimum absolute atomic E-state index is 0.0489. The molecular formula is C18H22N4O2S2. The van der Waals surface area contributed by atoms with Crippen molar-refractivity contribution in [3.8, 4) is 0 Å². The van der Waals surface area contributed by atoms with Crippen LogP contribution >= 0.6 is 23.1 Å². The van der Waals surface area contributed by atoms with Gasteiger partial charge in [-0.1, -0.05) is 53.4 Å². The summed E-state index contributed by atoms with van der Waals surface area (Å²) in [6.45, 7) is 1.60. The lowest BCUT2D eigenvalue weighted by molar-refractivity contribution is -0.120. The molecule has 2 N–H and O–H groups in total. The molecule has 26 heavy (non-hydrogen) atoms. The Morgan fingerprint density at radius 1 is 1.27 bits per heavy atom. The van der Waals surface area contributed by atoms with E-state index in [1.54, 1.807) is 0 Å². The van der Waals surface area contributed by atoms with Crippen LogP contribution in [0.15, 0.2) is 34.7 Å². The molecular weight excluding hydrogens is 368 g/mol. The van der Waals surface area contributed by atoms with Gasteiger partial charge in [0, 0.05) is 19.2 Å². The lowest BCUT2D eigenvalue weighted by Gasteiger charge is -2.15. The molecule has 2 fully saturated rings. The Bertz CT molecular complexity index is 730. The molecule has 0 bridgehead atoms. The Morgan fingerprint density at radius 3 is 2.85 bits per heavy atom. The molecule has 1 amide bonds. The first kappa shape index (κ1) is 17.8. The molecule has 0 unspecified atom stereocenters. The molecule has 2 aromatic rings. The average molecular weight is 391 g/mol. The first-order valence-electron chi connectivity index (χ1n) is 8.99. The lowest BCUT2D eigenvalue weighted by atomic mass is 10.1. The molecule has 0 radical (unpaired) electrons. The summed E-state index contributed by atoms with van der Waals surface area (Å²) in [7, 11) is 0. The second-order valence-corrected chi connectivity index (χ2v) is 8.91. The van der Waals surface area contributed by atoms with E-state index in [4.69, 9.17) is 4.74 Å². The van der Waals surface area contributed by atoms with E-state index in [9.17, 15) is 4.79 Å². The van der Waals surface area contributed by atoms with Crippen molar-refractivity contribution in [3.63, 3.8) is 0 Å². The third-order valence-electron chi connectivity index (χ3n) is 4.39. The molecule has 4 rings (SSSR count). The number of benzene rings is 1. The SMILES string of the molecule is O=C(NC1CC1)[C@H](Sc1nnc(NC[C@@H]2CCCO2)s1)c1ccccc1. The number of ether oxygens (including phenoxy) is 1. The first-order chi connectivity index (χ1) is 12.8. The van der Waals surface area contributed by atoms with E-state index in [-0.39, 0.29) is 17.3 Å². The molecule has 0 spiro atoms. The average Bonchev–Trinajstić information content (AvgIpc) is 3.14. The van der Waals surface area contributed by atoms with Gasteiger partial charge in [0.25, 0.3) is 0 Å². The Hall–Kier alpha value is -1.64. The molecule has 2 aliphatic rings. The highest BCUT2D eigenvalue weighted by Gasteiger charge is 2.30. The largest absolute Gasteiger partial charge is 0.376 e. The van der Waals surface area contributed by atoms with E-state index >= 15 is 0 Å². The smallest absolute Gasteiger partial charge is 0.238 e. The number of nitrogens with one attached hydrogen (secondary N) is 2. The zero-order valence-corrected chi connectivity index (χ0v) is 16.0. The van der Waals surface area contributed by atoms with Gasteiger partial charge in [0.1, 0.15) is 5.25 Å². The van der Waals surface area contributed by atoms with Crippen molar-refractivity contribution < 1.29 is 9.53 Å². The number of amides is 1. The summed E-state index contributed by atoms with van der Waals surface area (Å²) in [6.07, 6.45) is 4.63. The zero-order valence-electron chi connectivity index (χ0n) is 14.4. The van der Waals surface area contributed by atoms with Crippen molar-refractivity contribution in [2.75, 3.05) is 18.5 Å². The number of nitrogens with zero attached hydrogens (tertiary/aromatic N) is 2. The summed E-state index contributed by atoms with van der Waals surface area (Å²) in [4.78, 5) is 12.7. The summed E-state index contributed by atoms with van der Waals surface area (Å²) in [5.41, 5.74) is 0.986. The summed E-state index contributed by atoms with van der Waals surface area (Å²) < 4.78 is 6.41. The zero-order chi connectivity index (χ0) is 17.8. The second-order valence-electron chi connectivity index (χ2n) is 6.58. The summed E-state index contributed by atoms with van der Waals surface area (Å²) in [6, 6.07) is 10.2. The van der Waals surface area contributed by atoms with E-state index in [0.717, 1.165) is 53.9 Å². The van der Waals surface area contributed by atoms with Crippen LogP contribution in [0.5, 0.6) is 0 Å².